The molecule has 0 fully saturated rings. The average molecular weight is 507 g/mol. The highest BCUT2D eigenvalue weighted by Crippen LogP contribution is 2.32. The lowest BCUT2D eigenvalue weighted by Crippen LogP contribution is -2.07. The highest BCUT2D eigenvalue weighted by molar-refractivity contribution is 6.42. The maximum Gasteiger partial charge on any atom is 0.338 e. The van der Waals surface area contributed by atoms with Crippen LogP contribution >= 0.6 is 23.2 Å². The van der Waals surface area contributed by atoms with E-state index in [-0.39, 0.29) is 6.61 Å². The fourth-order valence-corrected chi connectivity index (χ4v) is 3.98. The summed E-state index contributed by atoms with van der Waals surface area (Å²) in [5, 5.41) is 5.72. The third kappa shape index (κ3) is 5.59. The maximum atomic E-state index is 12.9. The molecule has 0 saturated heterocycles. The molecule has 0 N–H and O–H groups in total. The number of methoxy groups -OCH3 is 1. The number of nitrogens with zero attached hydrogens (tertiary/aromatic N) is 2. The topological polar surface area (TPSA) is 53.4 Å². The second-order valence-electron chi connectivity index (χ2n) is 7.84. The van der Waals surface area contributed by atoms with E-state index in [4.69, 9.17) is 37.8 Å². The van der Waals surface area contributed by atoms with Gasteiger partial charge in [-0.25, -0.2) is 9.48 Å². The minimum Gasteiger partial charge on any atom is -0.497 e. The van der Waals surface area contributed by atoms with Gasteiger partial charge in [0, 0.05) is 5.56 Å². The second-order valence-corrected chi connectivity index (χ2v) is 8.66. The van der Waals surface area contributed by atoms with Gasteiger partial charge in [0.25, 0.3) is 0 Å². The van der Waals surface area contributed by atoms with E-state index in [9.17, 15) is 4.79 Å². The van der Waals surface area contributed by atoms with Gasteiger partial charge >= 0.3 is 5.97 Å². The number of rotatable bonds is 7. The molecule has 35 heavy (non-hydrogen) atoms. The van der Waals surface area contributed by atoms with Crippen LogP contribution in [0, 0.1) is 6.92 Å². The predicted molar refractivity (Wildman–Crippen MR) is 141 cm³/mol. The van der Waals surface area contributed by atoms with Crippen molar-refractivity contribution < 1.29 is 14.3 Å². The first-order valence-corrected chi connectivity index (χ1v) is 11.8. The van der Waals surface area contributed by atoms with E-state index in [1.165, 1.54) is 0 Å². The Morgan fingerprint density at radius 1 is 1.00 bits per heavy atom. The standard InChI is InChI=1S/C28H24Cl2N2O3/c1-4-35-28(33)24(19-7-5-6-18(2)14-19)16-21-17-27(20-8-13-25(29)26(30)15-20)32(31-21)22-9-11-23(34-3)12-10-22/h5-17H,4H2,1-3H3. The molecule has 0 aliphatic carbocycles. The fourth-order valence-electron chi connectivity index (χ4n) is 3.68. The van der Waals surface area contributed by atoms with Gasteiger partial charge in [-0.1, -0.05) is 59.1 Å². The molecular formula is C28H24Cl2N2O3. The molecule has 0 bridgehead atoms. The Hall–Kier alpha value is -3.54. The molecule has 7 heteroatoms. The van der Waals surface area contributed by atoms with Crippen LogP contribution in [0.5, 0.6) is 5.75 Å². The lowest BCUT2D eigenvalue weighted by molar-refractivity contribution is -0.136. The molecule has 0 atom stereocenters. The molecule has 178 valence electrons. The van der Waals surface area contributed by atoms with Crippen LogP contribution in [0.3, 0.4) is 0 Å². The van der Waals surface area contributed by atoms with Gasteiger partial charge in [-0.2, -0.15) is 5.10 Å². The van der Waals surface area contributed by atoms with Crippen molar-refractivity contribution in [2.24, 2.45) is 0 Å². The van der Waals surface area contributed by atoms with E-state index in [1.807, 2.05) is 67.6 Å². The first-order valence-electron chi connectivity index (χ1n) is 11.1. The number of hydrogen-bond donors (Lipinski definition) is 0. The quantitative estimate of drug-likeness (QED) is 0.195. The Kier molecular flexibility index (Phi) is 7.59. The van der Waals surface area contributed by atoms with Gasteiger partial charge in [0.1, 0.15) is 5.75 Å². The molecule has 0 saturated carbocycles. The molecule has 0 aliphatic heterocycles. The summed E-state index contributed by atoms with van der Waals surface area (Å²) in [6, 6.07) is 22.6. The summed E-state index contributed by atoms with van der Waals surface area (Å²) in [5.41, 5.74) is 5.25. The Labute approximate surface area is 214 Å². The van der Waals surface area contributed by atoms with Crippen molar-refractivity contribution in [1.82, 2.24) is 9.78 Å². The van der Waals surface area contributed by atoms with Crippen molar-refractivity contribution in [1.29, 1.82) is 0 Å². The second kappa shape index (κ2) is 10.8. The molecule has 0 amide bonds. The van der Waals surface area contributed by atoms with E-state index in [0.29, 0.717) is 21.3 Å². The zero-order valence-corrected chi connectivity index (χ0v) is 21.1. The smallest absolute Gasteiger partial charge is 0.338 e. The van der Waals surface area contributed by atoms with Gasteiger partial charge in [-0.15, -0.1) is 0 Å². The van der Waals surface area contributed by atoms with Crippen molar-refractivity contribution >= 4 is 40.8 Å². The predicted octanol–water partition coefficient (Wildman–Crippen LogP) is 7.27. The first-order chi connectivity index (χ1) is 16.9. The van der Waals surface area contributed by atoms with Crippen LogP contribution in [0.2, 0.25) is 10.0 Å². The number of hydrogen-bond acceptors (Lipinski definition) is 4. The molecule has 3 aromatic carbocycles. The summed E-state index contributed by atoms with van der Waals surface area (Å²) in [6.45, 7) is 4.04. The van der Waals surface area contributed by atoms with Crippen LogP contribution in [0.15, 0.2) is 72.8 Å². The van der Waals surface area contributed by atoms with Gasteiger partial charge in [0.2, 0.25) is 0 Å². The van der Waals surface area contributed by atoms with E-state index in [0.717, 1.165) is 33.8 Å². The number of aromatic nitrogens is 2. The molecular weight excluding hydrogens is 483 g/mol. The Bertz CT molecular complexity index is 1390. The molecule has 5 nitrogen and oxygen atoms in total. The lowest BCUT2D eigenvalue weighted by atomic mass is 10.0. The maximum absolute atomic E-state index is 12.9. The molecule has 0 radical (unpaired) electrons. The first kappa shape index (κ1) is 24.6. The zero-order chi connectivity index (χ0) is 24.9. The largest absolute Gasteiger partial charge is 0.497 e. The molecule has 0 spiro atoms. The lowest BCUT2D eigenvalue weighted by Gasteiger charge is -2.09. The Morgan fingerprint density at radius 3 is 2.43 bits per heavy atom. The third-order valence-corrected chi connectivity index (χ3v) is 6.12. The fraction of sp³-hybridized carbons (Fsp3) is 0.143. The van der Waals surface area contributed by atoms with Crippen molar-refractivity contribution in [2.75, 3.05) is 13.7 Å². The van der Waals surface area contributed by atoms with E-state index in [1.54, 1.807) is 36.9 Å². The average Bonchev–Trinajstić information content (AvgIpc) is 3.28. The highest BCUT2D eigenvalue weighted by atomic mass is 35.5. The number of halogens is 2. The number of aryl methyl sites for hydroxylation is 1. The van der Waals surface area contributed by atoms with Gasteiger partial charge in [0.15, 0.2) is 0 Å². The monoisotopic (exact) mass is 506 g/mol. The molecule has 4 rings (SSSR count). The van der Waals surface area contributed by atoms with Crippen LogP contribution < -0.4 is 4.74 Å². The Morgan fingerprint density at radius 2 is 1.77 bits per heavy atom. The normalized spacial score (nSPS) is 11.4. The number of carbonyl (C=O) groups excluding carboxylic acids is 1. The SMILES string of the molecule is CCOC(=O)C(=Cc1cc(-c2ccc(Cl)c(Cl)c2)n(-c2ccc(OC)cc2)n1)c1cccc(C)c1. The van der Waals surface area contributed by atoms with Crippen molar-refractivity contribution in [2.45, 2.75) is 13.8 Å². The summed E-state index contributed by atoms with van der Waals surface area (Å²) >= 11 is 12.5. The van der Waals surface area contributed by atoms with Crippen molar-refractivity contribution in [3.05, 3.63) is 99.7 Å². The van der Waals surface area contributed by atoms with Crippen molar-refractivity contribution in [3.8, 4) is 22.7 Å². The van der Waals surface area contributed by atoms with Crippen LogP contribution in [-0.4, -0.2) is 29.5 Å². The molecule has 1 aromatic heterocycles. The zero-order valence-electron chi connectivity index (χ0n) is 19.6. The molecule has 4 aromatic rings. The highest BCUT2D eigenvalue weighted by Gasteiger charge is 2.17. The minimum absolute atomic E-state index is 0.275. The number of ether oxygens (including phenoxy) is 2. The summed E-state index contributed by atoms with van der Waals surface area (Å²) in [6.07, 6.45) is 1.74. The summed E-state index contributed by atoms with van der Waals surface area (Å²) in [7, 11) is 1.62. The van der Waals surface area contributed by atoms with Gasteiger partial charge in [0.05, 0.1) is 46.4 Å². The van der Waals surface area contributed by atoms with Crippen molar-refractivity contribution in [3.63, 3.8) is 0 Å². The van der Waals surface area contributed by atoms with E-state index < -0.39 is 5.97 Å². The van der Waals surface area contributed by atoms with Crippen LogP contribution in [0.25, 0.3) is 28.6 Å². The van der Waals surface area contributed by atoms with E-state index >= 15 is 0 Å². The molecule has 0 unspecified atom stereocenters. The van der Waals surface area contributed by atoms with Crippen LogP contribution in [-0.2, 0) is 9.53 Å². The summed E-state index contributed by atoms with van der Waals surface area (Å²) in [5.74, 6) is 0.328. The van der Waals surface area contributed by atoms with Gasteiger partial charge in [-0.05, 0) is 68.0 Å². The summed E-state index contributed by atoms with van der Waals surface area (Å²) in [4.78, 5) is 12.9. The van der Waals surface area contributed by atoms with Gasteiger partial charge < -0.3 is 9.47 Å². The van der Waals surface area contributed by atoms with E-state index in [2.05, 4.69) is 0 Å². The number of esters is 1. The third-order valence-electron chi connectivity index (χ3n) is 5.38. The minimum atomic E-state index is -0.409. The van der Waals surface area contributed by atoms with Crippen LogP contribution in [0.4, 0.5) is 0 Å². The molecule has 0 aliphatic rings. The van der Waals surface area contributed by atoms with Crippen LogP contribution in [0.1, 0.15) is 23.7 Å². The number of benzene rings is 3. The summed E-state index contributed by atoms with van der Waals surface area (Å²) < 4.78 is 12.4. The molecule has 1 heterocycles. The van der Waals surface area contributed by atoms with Gasteiger partial charge in [-0.3, -0.25) is 0 Å². The number of carbonyl (C=O) groups is 1. The Balaban J connectivity index is 1.89.